The average molecular weight is 329 g/mol. The third kappa shape index (κ3) is 4.70. The Hall–Kier alpha value is -2.60. The molecule has 6 nitrogen and oxygen atoms in total. The summed E-state index contributed by atoms with van der Waals surface area (Å²) in [5.74, 6) is 0.114. The van der Waals surface area contributed by atoms with Gasteiger partial charge in [0, 0.05) is 35.2 Å². The van der Waals surface area contributed by atoms with Gasteiger partial charge in [0.25, 0.3) is 13.5 Å². The number of hydrogen-bond donors (Lipinski definition) is 1. The molecule has 126 valence electrons. The molecule has 0 fully saturated rings. The Morgan fingerprint density at radius 3 is 2.50 bits per heavy atom. The molecule has 2 aromatic heterocycles. The zero-order chi connectivity index (χ0) is 17.6. The minimum Gasteiger partial charge on any atom is -0.411 e. The van der Waals surface area contributed by atoms with Crippen LogP contribution < -0.4 is 9.13 Å². The number of nitrogens with zero attached hydrogens (tertiary/aromatic N) is 3. The van der Waals surface area contributed by atoms with Gasteiger partial charge in [-0.05, 0) is 6.07 Å². The summed E-state index contributed by atoms with van der Waals surface area (Å²) in [6, 6.07) is 9.15. The van der Waals surface area contributed by atoms with Crippen LogP contribution in [0.5, 0.6) is 0 Å². The smallest absolute Gasteiger partial charge is 0.258 e. The van der Waals surface area contributed by atoms with Gasteiger partial charge < -0.3 is 5.21 Å². The van der Waals surface area contributed by atoms with Crippen LogP contribution in [-0.4, -0.2) is 17.2 Å². The van der Waals surface area contributed by atoms with Crippen molar-refractivity contribution in [1.29, 1.82) is 0 Å². The van der Waals surface area contributed by atoms with Gasteiger partial charge in [-0.3, -0.25) is 9.53 Å². The Morgan fingerprint density at radius 1 is 1.17 bits per heavy atom. The first-order valence-corrected chi connectivity index (χ1v) is 7.69. The molecule has 0 aliphatic heterocycles. The molecule has 0 unspecified atom stereocenters. The van der Waals surface area contributed by atoms with Crippen molar-refractivity contribution >= 4 is 12.0 Å². The lowest BCUT2D eigenvalue weighted by atomic mass is 9.87. The van der Waals surface area contributed by atoms with Crippen molar-refractivity contribution < 1.29 is 23.9 Å². The minimum atomic E-state index is -0.392. The van der Waals surface area contributed by atoms with Crippen molar-refractivity contribution in [3.63, 3.8) is 0 Å². The van der Waals surface area contributed by atoms with Crippen LogP contribution in [-0.2, 0) is 18.2 Å². The second kappa shape index (κ2) is 7.79. The molecule has 2 rings (SSSR count). The number of pyridine rings is 2. The van der Waals surface area contributed by atoms with E-state index in [1.165, 1.54) is 6.21 Å². The number of oxime groups is 1. The van der Waals surface area contributed by atoms with Gasteiger partial charge in [0.15, 0.2) is 24.4 Å². The standard InChI is InChI=1S/C18H22N3O3/c1-18(2,3)17(22)15-7-10-20(11-8-15)13-24-14-21-9-5-4-6-16(21)12-19-23/h4-12H,13-14H2,1-3H3/q+1/p+1. The molecule has 1 N–H and O–H groups in total. The summed E-state index contributed by atoms with van der Waals surface area (Å²) in [6.07, 6.45) is 6.84. The van der Waals surface area contributed by atoms with E-state index in [1.54, 1.807) is 12.1 Å². The fourth-order valence-corrected chi connectivity index (χ4v) is 2.16. The lowest BCUT2D eigenvalue weighted by molar-refractivity contribution is -0.788. The molecule has 24 heavy (non-hydrogen) atoms. The monoisotopic (exact) mass is 329 g/mol. The molecule has 0 bridgehead atoms. The van der Waals surface area contributed by atoms with Gasteiger partial charge in [-0.1, -0.05) is 25.9 Å². The van der Waals surface area contributed by atoms with E-state index in [4.69, 9.17) is 9.94 Å². The van der Waals surface area contributed by atoms with Gasteiger partial charge in [-0.2, -0.15) is 9.13 Å². The lowest BCUT2D eigenvalue weighted by Crippen LogP contribution is -2.42. The molecule has 0 spiro atoms. The van der Waals surface area contributed by atoms with Crippen molar-refractivity contribution in [3.8, 4) is 0 Å². The number of Topliss-reactive ketones (excluding diaryl/α,β-unsaturated/α-hetero) is 1. The summed E-state index contributed by atoms with van der Waals surface area (Å²) in [4.78, 5) is 12.2. The Kier molecular flexibility index (Phi) is 5.76. The fourth-order valence-electron chi connectivity index (χ4n) is 2.16. The number of hydrogen-bond acceptors (Lipinski definition) is 4. The van der Waals surface area contributed by atoms with E-state index in [2.05, 4.69) is 5.16 Å². The van der Waals surface area contributed by atoms with Gasteiger partial charge in [-0.15, -0.1) is 0 Å². The number of ether oxygens (including phenoxy) is 1. The molecule has 2 aromatic rings. The molecule has 2 heterocycles. The zero-order valence-electron chi connectivity index (χ0n) is 14.2. The summed E-state index contributed by atoms with van der Waals surface area (Å²) in [7, 11) is 0. The highest BCUT2D eigenvalue weighted by atomic mass is 16.5. The molecular formula is C18H23N3O3+2. The van der Waals surface area contributed by atoms with Crippen LogP contribution in [0.1, 0.15) is 36.8 Å². The summed E-state index contributed by atoms with van der Waals surface area (Å²) in [6.45, 7) is 6.39. The van der Waals surface area contributed by atoms with Crippen LogP contribution in [0.2, 0.25) is 0 Å². The first kappa shape index (κ1) is 17.7. The normalized spacial score (nSPS) is 11.8. The Bertz CT molecular complexity index is 719. The van der Waals surface area contributed by atoms with E-state index in [0.717, 1.165) is 5.69 Å². The quantitative estimate of drug-likeness (QED) is 0.289. The second-order valence-corrected chi connectivity index (χ2v) is 6.48. The van der Waals surface area contributed by atoms with Crippen LogP contribution >= 0.6 is 0 Å². The zero-order valence-corrected chi connectivity index (χ0v) is 14.2. The largest absolute Gasteiger partial charge is 0.411 e. The SMILES string of the molecule is CC(C)(C)C(=O)c1cc[n+](COC[n+]2ccccc2/C=N\O)cc1. The summed E-state index contributed by atoms with van der Waals surface area (Å²) < 4.78 is 9.33. The van der Waals surface area contributed by atoms with Gasteiger partial charge >= 0.3 is 0 Å². The van der Waals surface area contributed by atoms with Gasteiger partial charge in [0.05, 0.1) is 0 Å². The highest BCUT2D eigenvalue weighted by molar-refractivity contribution is 5.99. The number of carbonyl (C=O) groups excluding carboxylic acids is 1. The van der Waals surface area contributed by atoms with Crippen LogP contribution in [0.15, 0.2) is 54.1 Å². The molecule has 6 heteroatoms. The predicted octanol–water partition coefficient (Wildman–Crippen LogP) is 1.93. The second-order valence-electron chi connectivity index (χ2n) is 6.48. The van der Waals surface area contributed by atoms with Crippen molar-refractivity contribution in [1.82, 2.24) is 0 Å². The summed E-state index contributed by atoms with van der Waals surface area (Å²) >= 11 is 0. The molecule has 0 atom stereocenters. The molecule has 0 aromatic carbocycles. The van der Waals surface area contributed by atoms with E-state index >= 15 is 0 Å². The lowest BCUT2D eigenvalue weighted by Gasteiger charge is -2.15. The number of rotatable bonds is 6. The maximum absolute atomic E-state index is 12.2. The number of carbonyl (C=O) groups is 1. The third-order valence-electron chi connectivity index (χ3n) is 3.47. The maximum Gasteiger partial charge on any atom is 0.258 e. The van der Waals surface area contributed by atoms with E-state index < -0.39 is 5.41 Å². The Morgan fingerprint density at radius 2 is 1.88 bits per heavy atom. The van der Waals surface area contributed by atoms with Gasteiger partial charge in [0.1, 0.15) is 6.21 Å². The highest BCUT2D eigenvalue weighted by Gasteiger charge is 2.23. The first-order chi connectivity index (χ1) is 11.4. The van der Waals surface area contributed by atoms with Crippen molar-refractivity contribution in [2.45, 2.75) is 34.2 Å². The van der Waals surface area contributed by atoms with Crippen LogP contribution in [0, 0.1) is 5.41 Å². The molecule has 0 radical (unpaired) electrons. The van der Waals surface area contributed by atoms with E-state index in [0.29, 0.717) is 19.0 Å². The van der Waals surface area contributed by atoms with E-state index in [1.807, 2.05) is 66.7 Å². The molecule has 0 saturated carbocycles. The summed E-state index contributed by atoms with van der Waals surface area (Å²) in [5.41, 5.74) is 1.03. The van der Waals surface area contributed by atoms with Gasteiger partial charge in [0.2, 0.25) is 5.69 Å². The third-order valence-corrected chi connectivity index (χ3v) is 3.47. The van der Waals surface area contributed by atoms with E-state index in [9.17, 15) is 4.79 Å². The molecule has 0 aliphatic rings. The minimum absolute atomic E-state index is 0.114. The topological polar surface area (TPSA) is 66.7 Å². The number of ketones is 1. The average Bonchev–Trinajstić information content (AvgIpc) is 2.56. The van der Waals surface area contributed by atoms with Gasteiger partial charge in [-0.25, -0.2) is 0 Å². The maximum atomic E-state index is 12.2. The van der Waals surface area contributed by atoms with Crippen LogP contribution in [0.25, 0.3) is 0 Å². The van der Waals surface area contributed by atoms with Crippen LogP contribution in [0.4, 0.5) is 0 Å². The van der Waals surface area contributed by atoms with Crippen molar-refractivity contribution in [3.05, 3.63) is 60.2 Å². The van der Waals surface area contributed by atoms with Crippen LogP contribution in [0.3, 0.4) is 0 Å². The highest BCUT2D eigenvalue weighted by Crippen LogP contribution is 2.19. The number of aromatic nitrogens is 2. The molecule has 0 aliphatic carbocycles. The fraction of sp³-hybridized carbons (Fsp3) is 0.333. The van der Waals surface area contributed by atoms with Crippen molar-refractivity contribution in [2.75, 3.05) is 0 Å². The molecular weight excluding hydrogens is 306 g/mol. The molecule has 0 amide bonds. The van der Waals surface area contributed by atoms with Crippen molar-refractivity contribution in [2.24, 2.45) is 10.6 Å². The Labute approximate surface area is 141 Å². The first-order valence-electron chi connectivity index (χ1n) is 7.69. The molecule has 0 saturated heterocycles. The Balaban J connectivity index is 1.95. The predicted molar refractivity (Wildman–Crippen MR) is 87.5 cm³/mol. The summed E-state index contributed by atoms with van der Waals surface area (Å²) in [5, 5.41) is 11.7. The van der Waals surface area contributed by atoms with E-state index in [-0.39, 0.29) is 5.78 Å².